The molecule has 3 rings (SSSR count). The van der Waals surface area contributed by atoms with Gasteiger partial charge in [-0.25, -0.2) is 4.99 Å². The van der Waals surface area contributed by atoms with E-state index in [9.17, 15) is 5.26 Å². The van der Waals surface area contributed by atoms with E-state index in [2.05, 4.69) is 60.3 Å². The van der Waals surface area contributed by atoms with Gasteiger partial charge in [0.1, 0.15) is 17.7 Å². The van der Waals surface area contributed by atoms with Gasteiger partial charge in [0, 0.05) is 11.1 Å². The fourth-order valence-electron chi connectivity index (χ4n) is 3.72. The maximum atomic E-state index is 9.76. The molecule has 156 valence electrons. The summed E-state index contributed by atoms with van der Waals surface area (Å²) in [7, 11) is 1.60. The minimum atomic E-state index is 0.182. The molecule has 0 N–H and O–H groups in total. The van der Waals surface area contributed by atoms with E-state index >= 15 is 0 Å². The van der Waals surface area contributed by atoms with Crippen LogP contribution in [-0.2, 0) is 12.8 Å². The Morgan fingerprint density at radius 1 is 1.40 bits per heavy atom. The van der Waals surface area contributed by atoms with E-state index in [1.807, 2.05) is 12.1 Å². The van der Waals surface area contributed by atoms with Gasteiger partial charge in [-0.15, -0.1) is 17.8 Å². The first-order valence-corrected chi connectivity index (χ1v) is 11.7. The summed E-state index contributed by atoms with van der Waals surface area (Å²) in [6, 6.07) is 6.23. The molecule has 30 heavy (non-hydrogen) atoms. The molecule has 1 aliphatic rings. The van der Waals surface area contributed by atoms with E-state index < -0.39 is 0 Å². The number of aliphatic imine (C=N–C) groups is 1. The second-order valence-corrected chi connectivity index (χ2v) is 10.6. The molecule has 0 fully saturated rings. The van der Waals surface area contributed by atoms with Crippen molar-refractivity contribution in [1.82, 2.24) is 0 Å². The number of benzene rings is 1. The molecule has 1 atom stereocenters. The Balaban J connectivity index is 1.90. The fraction of sp³-hybridized carbons (Fsp3) is 0.417. The molecular weight excluding hydrogens is 507 g/mol. The quantitative estimate of drug-likeness (QED) is 0.264. The number of fused-ring (bicyclic) bond motifs is 1. The first-order valence-electron chi connectivity index (χ1n) is 9.81. The normalized spacial score (nSPS) is 16.0. The Morgan fingerprint density at radius 2 is 2.17 bits per heavy atom. The van der Waals surface area contributed by atoms with Crippen molar-refractivity contribution in [2.45, 2.75) is 40.0 Å². The van der Waals surface area contributed by atoms with E-state index in [0.29, 0.717) is 17.4 Å². The first-order chi connectivity index (χ1) is 14.3. The van der Waals surface area contributed by atoms with Gasteiger partial charge in [0.15, 0.2) is 11.5 Å². The summed E-state index contributed by atoms with van der Waals surface area (Å²) in [4.78, 5) is 6.00. The zero-order valence-corrected chi connectivity index (χ0v) is 20.7. The molecule has 0 radical (unpaired) electrons. The van der Waals surface area contributed by atoms with Crippen LogP contribution in [0.2, 0.25) is 0 Å². The number of nitrogens with zero attached hydrogens (tertiary/aromatic N) is 2. The molecule has 0 aliphatic heterocycles. The molecule has 1 aliphatic carbocycles. The molecule has 4 nitrogen and oxygen atoms in total. The number of terminal acetylenes is 1. The van der Waals surface area contributed by atoms with Crippen LogP contribution in [0.5, 0.6) is 11.5 Å². The van der Waals surface area contributed by atoms with Crippen molar-refractivity contribution >= 4 is 45.1 Å². The lowest BCUT2D eigenvalue weighted by atomic mass is 9.72. The number of hydrogen-bond donors (Lipinski definition) is 0. The largest absolute Gasteiger partial charge is 0.493 e. The molecule has 0 spiro atoms. The van der Waals surface area contributed by atoms with Crippen molar-refractivity contribution in [3.05, 3.63) is 37.3 Å². The maximum Gasteiger partial charge on any atom is 0.175 e. The van der Waals surface area contributed by atoms with E-state index in [4.69, 9.17) is 15.9 Å². The highest BCUT2D eigenvalue weighted by molar-refractivity contribution is 14.1. The highest BCUT2D eigenvalue weighted by Gasteiger charge is 2.32. The highest BCUT2D eigenvalue weighted by atomic mass is 127. The molecule has 0 saturated heterocycles. The second-order valence-electron chi connectivity index (χ2n) is 8.39. The third kappa shape index (κ3) is 4.82. The molecule has 0 saturated carbocycles. The molecule has 2 aromatic rings. The van der Waals surface area contributed by atoms with Gasteiger partial charge in [-0.2, -0.15) is 5.26 Å². The van der Waals surface area contributed by atoms with Crippen molar-refractivity contribution in [2.24, 2.45) is 16.3 Å². The van der Waals surface area contributed by atoms with Crippen LogP contribution in [0, 0.1) is 38.6 Å². The number of thiophene rings is 1. The number of methoxy groups -OCH3 is 1. The Labute approximate surface area is 196 Å². The van der Waals surface area contributed by atoms with Crippen LogP contribution in [0.15, 0.2) is 17.1 Å². The van der Waals surface area contributed by atoms with Crippen LogP contribution in [0.25, 0.3) is 0 Å². The first kappa shape index (κ1) is 22.7. The van der Waals surface area contributed by atoms with Gasteiger partial charge in [0.25, 0.3) is 0 Å². The van der Waals surface area contributed by atoms with Gasteiger partial charge in [0.05, 0.1) is 16.2 Å². The summed E-state index contributed by atoms with van der Waals surface area (Å²) in [6.45, 7) is 7.08. The fourth-order valence-corrected chi connectivity index (χ4v) is 5.72. The molecule has 0 bridgehead atoms. The second kappa shape index (κ2) is 9.41. The van der Waals surface area contributed by atoms with E-state index in [0.717, 1.165) is 39.0 Å². The Bertz CT molecular complexity index is 1050. The lowest BCUT2D eigenvalue weighted by Crippen LogP contribution is -2.26. The zero-order valence-electron chi connectivity index (χ0n) is 17.7. The molecule has 1 aromatic heterocycles. The third-order valence-corrected chi connectivity index (χ3v) is 7.43. The van der Waals surface area contributed by atoms with Crippen molar-refractivity contribution < 1.29 is 9.47 Å². The molecule has 6 heteroatoms. The monoisotopic (exact) mass is 532 g/mol. The van der Waals surface area contributed by atoms with E-state index in [-0.39, 0.29) is 12.0 Å². The Kier molecular flexibility index (Phi) is 7.10. The van der Waals surface area contributed by atoms with Crippen LogP contribution in [-0.4, -0.2) is 19.9 Å². The number of hydrogen-bond acceptors (Lipinski definition) is 5. The van der Waals surface area contributed by atoms with Gasteiger partial charge in [0.2, 0.25) is 0 Å². The van der Waals surface area contributed by atoms with Gasteiger partial charge < -0.3 is 9.47 Å². The topological polar surface area (TPSA) is 54.6 Å². The van der Waals surface area contributed by atoms with Gasteiger partial charge in [-0.05, 0) is 76.4 Å². The number of halogens is 1. The molecular formula is C24H25IN2O2S. The van der Waals surface area contributed by atoms with Crippen LogP contribution >= 0.6 is 33.9 Å². The molecule has 0 unspecified atom stereocenters. The average molecular weight is 532 g/mol. The average Bonchev–Trinajstić information content (AvgIpc) is 3.07. The SMILES string of the molecule is C#CCOc1c(I)cc(C=Nc2sc3c(c2C#N)CC[C@@H](C(C)(C)C)C3)cc1OC. The van der Waals surface area contributed by atoms with Crippen molar-refractivity contribution in [2.75, 3.05) is 13.7 Å². The van der Waals surface area contributed by atoms with E-state index in [1.165, 1.54) is 10.4 Å². The van der Waals surface area contributed by atoms with Crippen LogP contribution in [0.1, 0.15) is 48.8 Å². The molecule has 1 aromatic carbocycles. The summed E-state index contributed by atoms with van der Waals surface area (Å²) in [5, 5.41) is 10.6. The zero-order chi connectivity index (χ0) is 21.9. The van der Waals surface area contributed by atoms with Crippen molar-refractivity contribution in [3.8, 4) is 29.9 Å². The molecule has 1 heterocycles. The summed E-state index contributed by atoms with van der Waals surface area (Å²) >= 11 is 3.85. The number of nitriles is 1. The third-order valence-electron chi connectivity index (χ3n) is 5.47. The summed E-state index contributed by atoms with van der Waals surface area (Å²) in [5.74, 6) is 4.34. The predicted octanol–water partition coefficient (Wildman–Crippen LogP) is 6.15. The van der Waals surface area contributed by atoms with Gasteiger partial charge in [-0.1, -0.05) is 26.7 Å². The minimum absolute atomic E-state index is 0.182. The van der Waals surface area contributed by atoms with Gasteiger partial charge in [-0.3, -0.25) is 0 Å². The van der Waals surface area contributed by atoms with Crippen LogP contribution in [0.3, 0.4) is 0 Å². The standard InChI is InChI=1S/C24H25IN2O2S/c1-6-9-29-22-19(25)10-15(11-20(22)28-5)14-27-23-18(13-26)17-8-7-16(24(2,3)4)12-21(17)30-23/h1,10-11,14,16H,7-9,12H2,2-5H3/t16-/m1/s1. The minimum Gasteiger partial charge on any atom is -0.493 e. The molecule has 0 amide bonds. The highest BCUT2D eigenvalue weighted by Crippen LogP contribution is 2.45. The Morgan fingerprint density at radius 3 is 2.80 bits per heavy atom. The summed E-state index contributed by atoms with van der Waals surface area (Å²) < 4.78 is 12.0. The smallest absolute Gasteiger partial charge is 0.175 e. The lowest BCUT2D eigenvalue weighted by Gasteiger charge is -2.33. The maximum absolute atomic E-state index is 9.76. The van der Waals surface area contributed by atoms with Crippen molar-refractivity contribution in [1.29, 1.82) is 5.26 Å². The summed E-state index contributed by atoms with van der Waals surface area (Å²) in [5.41, 5.74) is 3.08. The number of ether oxygens (including phenoxy) is 2. The summed E-state index contributed by atoms with van der Waals surface area (Å²) in [6.07, 6.45) is 10.2. The number of rotatable bonds is 5. The lowest BCUT2D eigenvalue weighted by molar-refractivity contribution is 0.218. The van der Waals surface area contributed by atoms with Crippen molar-refractivity contribution in [3.63, 3.8) is 0 Å². The Hall–Kier alpha value is -2.03. The van der Waals surface area contributed by atoms with Gasteiger partial charge >= 0.3 is 0 Å². The predicted molar refractivity (Wildman–Crippen MR) is 131 cm³/mol. The van der Waals surface area contributed by atoms with E-state index in [1.54, 1.807) is 24.7 Å². The van der Waals surface area contributed by atoms with Crippen LogP contribution < -0.4 is 9.47 Å². The van der Waals surface area contributed by atoms with Crippen LogP contribution in [0.4, 0.5) is 5.00 Å².